The Morgan fingerprint density at radius 3 is 2.48 bits per heavy atom. The van der Waals surface area contributed by atoms with Gasteiger partial charge in [-0.1, -0.05) is 27.2 Å². The van der Waals surface area contributed by atoms with Crippen molar-refractivity contribution >= 4 is 11.8 Å². The van der Waals surface area contributed by atoms with Gasteiger partial charge in [0.15, 0.2) is 0 Å². The zero-order valence-electron chi connectivity index (χ0n) is 16.4. The minimum Gasteiger partial charge on any atom is -0.481 e. The zero-order valence-corrected chi connectivity index (χ0v) is 16.4. The van der Waals surface area contributed by atoms with Gasteiger partial charge in [0, 0.05) is 19.3 Å². The van der Waals surface area contributed by atoms with Crippen molar-refractivity contribution in [2.24, 2.45) is 34.5 Å². The standard InChI is InChI=1S/C19H30O.C3H6O2/c1-18-9-3-4-16(18)15-6-5-13-12-14(20)7-11-19(13,2)17(15)8-10-18;1-2-3(4)5/h13,15-17H,3-12H2,1-2H3;2H2,1H3,(H,4,5)/t13?,15-,16-,17-,18-,19-;/m0./s1. The van der Waals surface area contributed by atoms with Gasteiger partial charge in [0.2, 0.25) is 0 Å². The monoisotopic (exact) mass is 348 g/mol. The number of hydrogen-bond acceptors (Lipinski definition) is 2. The second-order valence-electron chi connectivity index (χ2n) is 9.73. The fraction of sp³-hybridized carbons (Fsp3) is 0.909. The van der Waals surface area contributed by atoms with E-state index in [2.05, 4.69) is 13.8 Å². The molecule has 4 aliphatic rings. The van der Waals surface area contributed by atoms with Crippen molar-refractivity contribution in [3.63, 3.8) is 0 Å². The first-order valence-corrected chi connectivity index (χ1v) is 10.5. The minimum atomic E-state index is -0.745. The second kappa shape index (κ2) is 7.04. The number of fused-ring (bicyclic) bond motifs is 5. The molecule has 3 heteroatoms. The molecule has 0 aromatic rings. The molecule has 0 aromatic carbocycles. The van der Waals surface area contributed by atoms with Gasteiger partial charge < -0.3 is 5.11 Å². The van der Waals surface area contributed by atoms with Crippen LogP contribution < -0.4 is 0 Å². The largest absolute Gasteiger partial charge is 0.481 e. The van der Waals surface area contributed by atoms with Crippen molar-refractivity contribution < 1.29 is 14.7 Å². The van der Waals surface area contributed by atoms with Crippen LogP contribution in [0.5, 0.6) is 0 Å². The third kappa shape index (κ3) is 3.40. The zero-order chi connectivity index (χ0) is 18.2. The highest BCUT2D eigenvalue weighted by molar-refractivity contribution is 5.79. The van der Waals surface area contributed by atoms with Gasteiger partial charge in [-0.2, -0.15) is 0 Å². The number of rotatable bonds is 1. The highest BCUT2D eigenvalue weighted by Gasteiger charge is 2.57. The molecule has 1 unspecified atom stereocenters. The highest BCUT2D eigenvalue weighted by atomic mass is 16.4. The van der Waals surface area contributed by atoms with Gasteiger partial charge in [-0.3, -0.25) is 9.59 Å². The summed E-state index contributed by atoms with van der Waals surface area (Å²) >= 11 is 0. The highest BCUT2D eigenvalue weighted by Crippen LogP contribution is 2.65. The summed E-state index contributed by atoms with van der Waals surface area (Å²) in [4.78, 5) is 21.2. The molecule has 0 radical (unpaired) electrons. The number of carbonyl (C=O) groups excluding carboxylic acids is 1. The van der Waals surface area contributed by atoms with Crippen molar-refractivity contribution in [3.8, 4) is 0 Å². The molecule has 142 valence electrons. The molecule has 4 aliphatic carbocycles. The lowest BCUT2D eigenvalue weighted by molar-refractivity contribution is -0.138. The maximum atomic E-state index is 11.9. The summed E-state index contributed by atoms with van der Waals surface area (Å²) < 4.78 is 0. The van der Waals surface area contributed by atoms with Crippen LogP contribution in [0, 0.1) is 34.5 Å². The Labute approximate surface area is 153 Å². The Kier molecular flexibility index (Phi) is 5.33. The van der Waals surface area contributed by atoms with E-state index in [9.17, 15) is 9.59 Å². The molecule has 0 heterocycles. The topological polar surface area (TPSA) is 54.4 Å². The second-order valence-corrected chi connectivity index (χ2v) is 9.73. The van der Waals surface area contributed by atoms with Crippen LogP contribution in [0.3, 0.4) is 0 Å². The summed E-state index contributed by atoms with van der Waals surface area (Å²) in [6, 6.07) is 0. The van der Waals surface area contributed by atoms with Crippen LogP contribution in [-0.2, 0) is 9.59 Å². The molecule has 4 fully saturated rings. The number of ketones is 1. The maximum absolute atomic E-state index is 11.9. The Morgan fingerprint density at radius 2 is 1.80 bits per heavy atom. The van der Waals surface area contributed by atoms with E-state index in [1.165, 1.54) is 51.4 Å². The molecule has 0 aliphatic heterocycles. The van der Waals surface area contributed by atoms with Crippen LogP contribution in [0.25, 0.3) is 0 Å². The van der Waals surface area contributed by atoms with Gasteiger partial charge >= 0.3 is 5.97 Å². The van der Waals surface area contributed by atoms with Gasteiger partial charge in [0.1, 0.15) is 5.78 Å². The molecule has 6 atom stereocenters. The van der Waals surface area contributed by atoms with Crippen LogP contribution in [0.15, 0.2) is 0 Å². The molecular formula is C22H36O3. The van der Waals surface area contributed by atoms with E-state index in [1.54, 1.807) is 6.92 Å². The summed E-state index contributed by atoms with van der Waals surface area (Å²) in [5.74, 6) is 3.46. The fourth-order valence-corrected chi connectivity index (χ4v) is 7.04. The predicted molar refractivity (Wildman–Crippen MR) is 99.3 cm³/mol. The van der Waals surface area contributed by atoms with E-state index >= 15 is 0 Å². The average molecular weight is 349 g/mol. The average Bonchev–Trinajstić information content (AvgIpc) is 2.98. The van der Waals surface area contributed by atoms with Crippen molar-refractivity contribution in [1.82, 2.24) is 0 Å². The van der Waals surface area contributed by atoms with Crippen LogP contribution in [0.2, 0.25) is 0 Å². The number of carbonyl (C=O) groups is 2. The number of carboxylic acids is 1. The van der Waals surface area contributed by atoms with E-state index < -0.39 is 5.97 Å². The van der Waals surface area contributed by atoms with Crippen molar-refractivity contribution in [2.45, 2.75) is 91.4 Å². The van der Waals surface area contributed by atoms with E-state index in [0.717, 1.165) is 36.5 Å². The molecule has 0 bridgehead atoms. The van der Waals surface area contributed by atoms with Crippen LogP contribution in [0.4, 0.5) is 0 Å². The summed E-state index contributed by atoms with van der Waals surface area (Å²) in [5, 5.41) is 7.72. The van der Waals surface area contributed by atoms with Crippen molar-refractivity contribution in [2.75, 3.05) is 0 Å². The molecule has 1 N–H and O–H groups in total. The number of aliphatic carboxylic acids is 1. The summed E-state index contributed by atoms with van der Waals surface area (Å²) in [5.41, 5.74) is 1.18. The van der Waals surface area contributed by atoms with E-state index in [0.29, 0.717) is 16.6 Å². The molecular weight excluding hydrogens is 312 g/mol. The SMILES string of the molecule is CCC(=O)O.C[C@@]12CCC[C@H]1[C@@H]1CCC3CC(=O)CC[C@]3(C)[C@H]1CC2. The van der Waals surface area contributed by atoms with E-state index in [-0.39, 0.29) is 6.42 Å². The number of hydrogen-bond donors (Lipinski definition) is 1. The summed E-state index contributed by atoms with van der Waals surface area (Å²) in [6.45, 7) is 6.74. The number of carboxylic acid groups (broad SMARTS) is 1. The molecule has 0 amide bonds. The predicted octanol–water partition coefficient (Wildman–Crippen LogP) is 5.47. The summed E-state index contributed by atoms with van der Waals surface area (Å²) in [6.07, 6.45) is 13.4. The van der Waals surface area contributed by atoms with Gasteiger partial charge in [0.25, 0.3) is 0 Å². The molecule has 4 saturated carbocycles. The Hall–Kier alpha value is -0.860. The smallest absolute Gasteiger partial charge is 0.303 e. The van der Waals surface area contributed by atoms with Gasteiger partial charge in [-0.05, 0) is 79.4 Å². The third-order valence-electron chi connectivity index (χ3n) is 8.57. The quantitative estimate of drug-likeness (QED) is 0.683. The van der Waals surface area contributed by atoms with Crippen molar-refractivity contribution in [1.29, 1.82) is 0 Å². The lowest BCUT2D eigenvalue weighted by atomic mass is 9.45. The van der Waals surface area contributed by atoms with Gasteiger partial charge in [-0.15, -0.1) is 0 Å². The molecule has 25 heavy (non-hydrogen) atoms. The Bertz CT molecular complexity index is 527. The molecule has 3 nitrogen and oxygen atoms in total. The van der Waals surface area contributed by atoms with Crippen molar-refractivity contribution in [3.05, 3.63) is 0 Å². The van der Waals surface area contributed by atoms with Crippen LogP contribution in [0.1, 0.15) is 91.4 Å². The first-order valence-electron chi connectivity index (χ1n) is 10.5. The van der Waals surface area contributed by atoms with E-state index in [1.807, 2.05) is 0 Å². The fourth-order valence-electron chi connectivity index (χ4n) is 7.04. The first kappa shape index (κ1) is 18.9. The maximum Gasteiger partial charge on any atom is 0.303 e. The lowest BCUT2D eigenvalue weighted by Gasteiger charge is -2.59. The normalized spacial score (nSPS) is 45.5. The molecule has 0 spiro atoms. The van der Waals surface area contributed by atoms with Gasteiger partial charge in [-0.25, -0.2) is 0 Å². The summed E-state index contributed by atoms with van der Waals surface area (Å²) in [7, 11) is 0. The molecule has 0 saturated heterocycles. The lowest BCUT2D eigenvalue weighted by Crippen LogP contribution is -2.52. The third-order valence-corrected chi connectivity index (χ3v) is 8.57. The molecule has 0 aromatic heterocycles. The van der Waals surface area contributed by atoms with E-state index in [4.69, 9.17) is 5.11 Å². The molecule has 4 rings (SSSR count). The van der Waals surface area contributed by atoms with Crippen LogP contribution >= 0.6 is 0 Å². The Morgan fingerprint density at radius 1 is 1.08 bits per heavy atom. The van der Waals surface area contributed by atoms with Gasteiger partial charge in [0.05, 0.1) is 0 Å². The first-order chi connectivity index (χ1) is 11.8. The minimum absolute atomic E-state index is 0.222. The Balaban J connectivity index is 0.000000324. The number of Topliss-reactive ketones (excluding diaryl/α,β-unsaturated/α-hetero) is 1. The van der Waals surface area contributed by atoms with Crippen LogP contribution in [-0.4, -0.2) is 16.9 Å².